The maximum atomic E-state index is 13.3. The maximum Gasteiger partial charge on any atom is -1.00 e. The van der Waals surface area contributed by atoms with Crippen LogP contribution in [0.4, 0.5) is 13.2 Å². The summed E-state index contributed by atoms with van der Waals surface area (Å²) < 4.78 is 42.9. The summed E-state index contributed by atoms with van der Waals surface area (Å²) in [5.74, 6) is 0. The van der Waals surface area contributed by atoms with Gasteiger partial charge in [0.15, 0.2) is 0 Å². The standard InChI is InChI=1S/C7H4F3.2C5H5.ClH.Ti/c8-7(9,10)6-4-2-1-3-5-6;2*1-2-4-5-3-1;;/h1-4H;2*1-3H,4H2;1H;/q;;;;+1/p-1. The zero-order valence-corrected chi connectivity index (χ0v) is 14.0. The molecular formula is C17H14ClF3Ti. The Balaban J connectivity index is 0.00000176. The minimum absolute atomic E-state index is 0. The molecule has 0 N–H and O–H groups in total. The summed E-state index contributed by atoms with van der Waals surface area (Å²) >= 11 is -2.29. The van der Waals surface area contributed by atoms with Crippen LogP contribution >= 0.6 is 0 Å². The minimum atomic E-state index is -4.28. The molecule has 0 saturated carbocycles. The molecule has 0 atom stereocenters. The molecule has 0 amide bonds. The van der Waals surface area contributed by atoms with Crippen LogP contribution in [0.2, 0.25) is 0 Å². The summed E-state index contributed by atoms with van der Waals surface area (Å²) in [7, 11) is 0. The third-order valence-corrected chi connectivity index (χ3v) is 8.37. The van der Waals surface area contributed by atoms with Crippen molar-refractivity contribution in [1.82, 2.24) is 0 Å². The molecule has 2 aliphatic rings. The Labute approximate surface area is 140 Å². The van der Waals surface area contributed by atoms with Gasteiger partial charge in [0.1, 0.15) is 0 Å². The molecule has 1 aromatic carbocycles. The number of allylic oxidation sites excluding steroid dienone is 8. The smallest absolute Gasteiger partial charge is 1.00 e. The zero-order valence-electron chi connectivity index (χ0n) is 11.7. The Morgan fingerprint density at radius 1 is 0.864 bits per heavy atom. The Hall–Kier alpha value is -1.03. The number of halogens is 4. The van der Waals surface area contributed by atoms with Gasteiger partial charge in [-0.15, -0.1) is 0 Å². The van der Waals surface area contributed by atoms with Crippen molar-refractivity contribution in [3.63, 3.8) is 0 Å². The second-order valence-electron chi connectivity index (χ2n) is 5.07. The average molecular weight is 359 g/mol. The molecule has 1 aromatic rings. The van der Waals surface area contributed by atoms with Gasteiger partial charge in [-0.05, 0) is 0 Å². The molecule has 0 fully saturated rings. The predicted octanol–water partition coefficient (Wildman–Crippen LogP) is 1.64. The van der Waals surface area contributed by atoms with Crippen LogP contribution in [-0.2, 0) is 24.0 Å². The summed E-state index contributed by atoms with van der Waals surface area (Å²) in [6.07, 6.45) is 9.31. The van der Waals surface area contributed by atoms with Gasteiger partial charge in [-0.2, -0.15) is 0 Å². The fourth-order valence-corrected chi connectivity index (χ4v) is 7.50. The molecule has 22 heavy (non-hydrogen) atoms. The second kappa shape index (κ2) is 7.03. The molecule has 0 aromatic heterocycles. The van der Waals surface area contributed by atoms with Gasteiger partial charge in [-0.3, -0.25) is 0 Å². The van der Waals surface area contributed by atoms with Gasteiger partial charge in [0.2, 0.25) is 0 Å². The normalized spacial score (nSPS) is 16.3. The van der Waals surface area contributed by atoms with E-state index in [1.807, 2.05) is 36.5 Å². The number of benzene rings is 1. The molecular weight excluding hydrogens is 345 g/mol. The zero-order chi connectivity index (χ0) is 14.9. The number of hydrogen-bond donors (Lipinski definition) is 0. The van der Waals surface area contributed by atoms with Gasteiger partial charge in [-0.1, -0.05) is 0 Å². The third-order valence-electron chi connectivity index (χ3n) is 3.69. The molecule has 0 bridgehead atoms. The number of rotatable bonds is 3. The largest absolute Gasteiger partial charge is 1.00 e. The molecule has 5 heteroatoms. The first-order chi connectivity index (χ1) is 10.1. The van der Waals surface area contributed by atoms with Gasteiger partial charge in [0, 0.05) is 0 Å². The number of alkyl halides is 3. The van der Waals surface area contributed by atoms with Crippen LogP contribution < -0.4 is 16.3 Å². The molecule has 0 spiro atoms. The van der Waals surface area contributed by atoms with Crippen molar-refractivity contribution >= 4 is 3.87 Å². The van der Waals surface area contributed by atoms with Gasteiger partial charge in [0.25, 0.3) is 0 Å². The van der Waals surface area contributed by atoms with Crippen LogP contribution in [-0.4, -0.2) is 0 Å². The summed E-state index contributed by atoms with van der Waals surface area (Å²) in [6.45, 7) is 0. The van der Waals surface area contributed by atoms with Crippen molar-refractivity contribution in [1.29, 1.82) is 0 Å². The van der Waals surface area contributed by atoms with E-state index < -0.39 is 29.6 Å². The molecule has 0 unspecified atom stereocenters. The van der Waals surface area contributed by atoms with E-state index in [1.54, 1.807) is 12.1 Å². The molecule has 0 aliphatic heterocycles. The Morgan fingerprint density at radius 2 is 1.41 bits per heavy atom. The van der Waals surface area contributed by atoms with E-state index >= 15 is 0 Å². The summed E-state index contributed by atoms with van der Waals surface area (Å²) in [6, 6.07) is 6.10. The van der Waals surface area contributed by atoms with E-state index in [0.717, 1.165) is 12.8 Å². The first kappa shape index (κ1) is 17.3. The van der Waals surface area contributed by atoms with Crippen LogP contribution in [0.1, 0.15) is 18.4 Å². The van der Waals surface area contributed by atoms with Crippen molar-refractivity contribution in [2.45, 2.75) is 19.0 Å². The second-order valence-corrected chi connectivity index (χ2v) is 9.08. The summed E-state index contributed by atoms with van der Waals surface area (Å²) in [5, 5.41) is 0. The van der Waals surface area contributed by atoms with Crippen molar-refractivity contribution in [3.8, 4) is 0 Å². The maximum absolute atomic E-state index is 13.3. The van der Waals surface area contributed by atoms with Crippen LogP contribution in [0, 0.1) is 0 Å². The molecule has 3 rings (SSSR count). The van der Waals surface area contributed by atoms with Crippen molar-refractivity contribution in [2.75, 3.05) is 0 Å². The van der Waals surface area contributed by atoms with Gasteiger partial charge < -0.3 is 12.4 Å². The average Bonchev–Trinajstić information content (AvgIpc) is 3.12. The van der Waals surface area contributed by atoms with Crippen LogP contribution in [0.5, 0.6) is 0 Å². The van der Waals surface area contributed by atoms with Crippen LogP contribution in [0.25, 0.3) is 0 Å². The molecule has 0 nitrogen and oxygen atoms in total. The fraction of sp³-hybridized carbons (Fsp3) is 0.176. The Bertz CT molecular complexity index is 639. The minimum Gasteiger partial charge on any atom is -1.00 e. The first-order valence-corrected chi connectivity index (χ1v) is 9.17. The first-order valence-electron chi connectivity index (χ1n) is 6.83. The van der Waals surface area contributed by atoms with E-state index in [2.05, 4.69) is 0 Å². The topological polar surface area (TPSA) is 0 Å². The SMILES string of the molecule is FC(F)(F)c1cccc[c]1[Ti+]([C]1=CC=CC1)[C]1=CC=CC1.[Cl-]. The van der Waals surface area contributed by atoms with E-state index in [0.29, 0.717) is 3.87 Å². The van der Waals surface area contributed by atoms with Crippen LogP contribution in [0.3, 0.4) is 0 Å². The van der Waals surface area contributed by atoms with Gasteiger partial charge >= 0.3 is 128 Å². The molecule has 0 heterocycles. The predicted molar refractivity (Wildman–Crippen MR) is 74.8 cm³/mol. The molecule has 0 saturated heterocycles. The molecule has 114 valence electrons. The van der Waals surface area contributed by atoms with E-state index in [1.165, 1.54) is 19.9 Å². The van der Waals surface area contributed by atoms with Gasteiger partial charge in [0.05, 0.1) is 0 Å². The van der Waals surface area contributed by atoms with Crippen molar-refractivity contribution in [3.05, 3.63) is 74.0 Å². The fourth-order valence-electron chi connectivity index (χ4n) is 2.77. The molecule has 0 radical (unpaired) electrons. The van der Waals surface area contributed by atoms with E-state index in [4.69, 9.17) is 0 Å². The van der Waals surface area contributed by atoms with E-state index in [9.17, 15) is 13.2 Å². The van der Waals surface area contributed by atoms with Crippen LogP contribution in [0.15, 0.2) is 68.5 Å². The summed E-state index contributed by atoms with van der Waals surface area (Å²) in [5.41, 5.74) is -0.458. The summed E-state index contributed by atoms with van der Waals surface area (Å²) in [4.78, 5) is 0. The Morgan fingerprint density at radius 3 is 1.86 bits per heavy atom. The molecule has 2 aliphatic carbocycles. The van der Waals surface area contributed by atoms with E-state index in [-0.39, 0.29) is 12.4 Å². The van der Waals surface area contributed by atoms with Crippen molar-refractivity contribution < 1.29 is 43.4 Å². The van der Waals surface area contributed by atoms with Crippen molar-refractivity contribution in [2.24, 2.45) is 0 Å². The Kier molecular flexibility index (Phi) is 5.54. The number of hydrogen-bond acceptors (Lipinski definition) is 0. The monoisotopic (exact) mass is 358 g/mol. The van der Waals surface area contributed by atoms with Gasteiger partial charge in [-0.25, -0.2) is 0 Å². The third kappa shape index (κ3) is 3.48. The quantitative estimate of drug-likeness (QED) is 0.721.